The van der Waals surface area contributed by atoms with Crippen LogP contribution in [0.25, 0.3) is 10.9 Å². The molecule has 6 N–H and O–H groups in total. The van der Waals surface area contributed by atoms with Crippen LogP contribution in [0.3, 0.4) is 0 Å². The Labute approximate surface area is 578 Å². The number of thioether (sulfide) groups is 1. The molecule has 6 fully saturated rings. The van der Waals surface area contributed by atoms with E-state index in [4.69, 9.17) is 33.2 Å². The number of aromatic nitrogens is 1. The van der Waals surface area contributed by atoms with Gasteiger partial charge in [0.05, 0.1) is 64.4 Å². The van der Waals surface area contributed by atoms with Crippen LogP contribution in [0.5, 0.6) is 0 Å². The van der Waals surface area contributed by atoms with Gasteiger partial charge in [-0.1, -0.05) is 58.0 Å². The zero-order valence-electron chi connectivity index (χ0n) is 59.9. The van der Waals surface area contributed by atoms with Gasteiger partial charge in [-0.2, -0.15) is 0 Å². The van der Waals surface area contributed by atoms with Gasteiger partial charge in [0.1, 0.15) is 58.5 Å². The predicted molar refractivity (Wildman–Crippen MR) is 363 cm³/mol. The molecule has 98 heavy (non-hydrogen) atoms. The first-order chi connectivity index (χ1) is 45.7. The maximum Gasteiger partial charge on any atom is 0.330 e. The number of hydrogen-bond donors (Lipinski definition) is 6. The molecule has 7 heterocycles. The molecule has 0 bridgehead atoms. The first-order valence-electron chi connectivity index (χ1n) is 34.3. The van der Waals surface area contributed by atoms with Gasteiger partial charge in [-0.05, 0) is 127 Å². The molecule has 21 atom stereocenters. The van der Waals surface area contributed by atoms with E-state index in [0.717, 1.165) is 19.2 Å². The van der Waals surface area contributed by atoms with E-state index in [1.807, 2.05) is 23.8 Å². The number of ether oxygens (including phenoxy) is 7. The molecule has 0 radical (unpaired) electrons. The van der Waals surface area contributed by atoms with Crippen LogP contribution in [-0.4, -0.2) is 236 Å². The van der Waals surface area contributed by atoms with Gasteiger partial charge in [-0.15, -0.1) is 11.8 Å². The third-order valence-electron chi connectivity index (χ3n) is 21.5. The average Bonchev–Trinajstić information content (AvgIpc) is 1.54. The molecule has 27 heteroatoms. The van der Waals surface area contributed by atoms with E-state index in [2.05, 4.69) is 15.5 Å². The summed E-state index contributed by atoms with van der Waals surface area (Å²) in [4.78, 5) is 110. The summed E-state index contributed by atoms with van der Waals surface area (Å²) in [5.41, 5.74) is -6.61. The molecule has 6 aliphatic rings. The second kappa shape index (κ2) is 29.3. The van der Waals surface area contributed by atoms with Crippen molar-refractivity contribution in [3.63, 3.8) is 0 Å². The number of benzene rings is 2. The second-order valence-electron chi connectivity index (χ2n) is 30.1. The number of amides is 3. The van der Waals surface area contributed by atoms with E-state index in [1.54, 1.807) is 124 Å². The molecule has 1 aromatic heterocycles. The van der Waals surface area contributed by atoms with E-state index in [1.165, 1.54) is 50.7 Å². The maximum atomic E-state index is 16.0. The average molecular weight is 1390 g/mol. The highest BCUT2D eigenvalue weighted by Crippen LogP contribution is 2.52. The molecule has 21 unspecified atom stereocenters. The number of pyridine rings is 1. The number of aryl methyl sites for hydroxylation is 1. The van der Waals surface area contributed by atoms with Gasteiger partial charge in [-0.3, -0.25) is 28.8 Å². The van der Waals surface area contributed by atoms with Gasteiger partial charge in [0.2, 0.25) is 17.2 Å². The van der Waals surface area contributed by atoms with Crippen molar-refractivity contribution in [1.82, 2.24) is 29.9 Å². The van der Waals surface area contributed by atoms with Gasteiger partial charge < -0.3 is 88.4 Å². The fraction of sp³-hybridized carbons (Fsp3) is 0.704. The van der Waals surface area contributed by atoms with Crippen molar-refractivity contribution in [3.05, 3.63) is 75.8 Å². The number of carbonyl (C=O) groups excluding carboxylic acids is 6. The molecular weight excluding hydrogens is 1290 g/mol. The summed E-state index contributed by atoms with van der Waals surface area (Å²) >= 11 is 1.25. The van der Waals surface area contributed by atoms with Gasteiger partial charge in [-0.25, -0.2) is 9.18 Å². The van der Waals surface area contributed by atoms with Crippen molar-refractivity contribution in [2.45, 2.75) is 241 Å². The number of fused-ring (bicyclic) bond motifs is 2. The summed E-state index contributed by atoms with van der Waals surface area (Å²) in [5.74, 6) is -9.72. The Morgan fingerprint density at radius 2 is 1.53 bits per heavy atom. The van der Waals surface area contributed by atoms with E-state index >= 15 is 9.18 Å². The number of likely N-dealkylation sites (N-methyl/N-ethyl adjacent to an activating group) is 2. The summed E-state index contributed by atoms with van der Waals surface area (Å²) in [6.45, 7) is 25.9. The highest BCUT2D eigenvalue weighted by atomic mass is 32.2. The predicted octanol–water partition coefficient (Wildman–Crippen LogP) is 4.67. The standard InChI is InChI=1S/C71H104FN7O18S/c1-19-48-71(14,90)57(82)38(5)52(80)36(3)33-69(12,89)58(39(6)54(40(7)63(86)93-48)94-49-34-70(13,91-18)66(88)67(8,9)97-49)96-65-55(47(75(15)16)30-37(4)92-65)95-64(87)56-68(10,11)98-62-51(61(85)79(56)62)74-60(84)50(41-24-22-21-23-25-41)73-59(83)43-35-77(20-2)45-32-46(44(72)31-42(45)53(43)81)78-28-26-76(17)27-29-78/h21-25,31-32,35-40,47-51,54-58,62,65-66,82,88-90H,19-20,26-30,33-34H2,1-18H3,(H,73,83)(H,74,84). The quantitative estimate of drug-likeness (QED) is 0.0838. The molecule has 2 aromatic carbocycles. The fourth-order valence-electron chi connectivity index (χ4n) is 15.6. The second-order valence-corrected chi connectivity index (χ2v) is 31.8. The number of β-lactam (4-membered cyclic amide) rings is 1. The van der Waals surface area contributed by atoms with Gasteiger partial charge in [0, 0.05) is 80.3 Å². The lowest BCUT2D eigenvalue weighted by molar-refractivity contribution is -0.335. The number of aliphatic hydroxyl groups excluding tert-OH is 2. The highest BCUT2D eigenvalue weighted by Gasteiger charge is 2.66. The number of halogens is 1. The van der Waals surface area contributed by atoms with E-state index < -0.39 is 182 Å². The molecule has 6 aliphatic heterocycles. The number of piperazine rings is 1. The number of nitrogens with zero attached hydrogens (tertiary/aromatic N) is 5. The lowest BCUT2D eigenvalue weighted by Crippen LogP contribution is -2.71. The van der Waals surface area contributed by atoms with Crippen LogP contribution in [0, 0.1) is 29.5 Å². The Hall–Kier alpha value is -5.69. The smallest absolute Gasteiger partial charge is 0.330 e. The summed E-state index contributed by atoms with van der Waals surface area (Å²) in [6, 6.07) is 6.51. The van der Waals surface area contributed by atoms with Crippen LogP contribution >= 0.6 is 11.8 Å². The molecule has 0 aliphatic carbocycles. The summed E-state index contributed by atoms with van der Waals surface area (Å²) in [7, 11) is 7.02. The number of aliphatic hydroxyl groups is 4. The highest BCUT2D eigenvalue weighted by molar-refractivity contribution is 8.01. The first kappa shape index (κ1) is 76.5. The van der Waals surface area contributed by atoms with Gasteiger partial charge >= 0.3 is 11.9 Å². The zero-order valence-corrected chi connectivity index (χ0v) is 60.7. The van der Waals surface area contributed by atoms with Crippen LogP contribution in [0.4, 0.5) is 10.1 Å². The van der Waals surface area contributed by atoms with Gasteiger partial charge in [0.25, 0.3) is 5.91 Å². The van der Waals surface area contributed by atoms with Crippen LogP contribution in [0.2, 0.25) is 0 Å². The lowest BCUT2D eigenvalue weighted by Gasteiger charge is -2.51. The SMILES string of the molecule is CCC1OC(=O)C(C)C(OC2CC(C)(OC)C(O)C(C)(C)O2)C(C)C(OC2OC(C)CC(N(C)C)C2OC(=O)C2N3C(=O)C(NC(=O)C(NC(=O)c4cn(CC)c5cc(N6CCN(C)CC6)c(F)cc5c4=O)c4ccccc4)C3SC2(C)C)C(C)(O)CC(C)C(=O)C(C)C(O)C1(C)O. The van der Waals surface area contributed by atoms with E-state index in [0.29, 0.717) is 42.8 Å². The van der Waals surface area contributed by atoms with Crippen LogP contribution in [0.15, 0.2) is 53.5 Å². The Morgan fingerprint density at radius 1 is 0.878 bits per heavy atom. The monoisotopic (exact) mass is 1390 g/mol. The van der Waals surface area contributed by atoms with Crippen molar-refractivity contribution in [2.75, 3.05) is 59.3 Å². The Kier molecular flexibility index (Phi) is 22.9. The number of nitrogens with one attached hydrogen (secondary N) is 2. The van der Waals surface area contributed by atoms with Crippen molar-refractivity contribution >= 4 is 63.8 Å². The number of hydrogen-bond acceptors (Lipinski definition) is 22. The van der Waals surface area contributed by atoms with E-state index in [-0.39, 0.29) is 30.2 Å². The fourth-order valence-corrected chi connectivity index (χ4v) is 17.3. The lowest BCUT2D eigenvalue weighted by atomic mass is 9.74. The molecule has 25 nitrogen and oxygen atoms in total. The normalized spacial score (nSPS) is 36.8. The van der Waals surface area contributed by atoms with Crippen molar-refractivity contribution < 1.29 is 86.7 Å². The first-order valence-corrected chi connectivity index (χ1v) is 35.2. The number of rotatable bonds is 16. The molecule has 6 saturated heterocycles. The molecule has 0 spiro atoms. The third-order valence-corrected chi connectivity index (χ3v) is 23.1. The maximum absolute atomic E-state index is 16.0. The zero-order chi connectivity index (χ0) is 72.4. The summed E-state index contributed by atoms with van der Waals surface area (Å²) < 4.78 is 62.4. The number of esters is 2. The van der Waals surface area contributed by atoms with Crippen molar-refractivity contribution in [2.24, 2.45) is 23.7 Å². The molecule has 544 valence electrons. The van der Waals surface area contributed by atoms with E-state index in [9.17, 15) is 49.2 Å². The van der Waals surface area contributed by atoms with Crippen LogP contribution in [0.1, 0.15) is 145 Å². The largest absolute Gasteiger partial charge is 0.459 e. The third kappa shape index (κ3) is 15.0. The minimum atomic E-state index is -2.12. The number of cyclic esters (lactones) is 1. The topological polar surface area (TPSA) is 307 Å². The minimum absolute atomic E-state index is 0.0123. The van der Waals surface area contributed by atoms with Crippen molar-refractivity contribution in [1.29, 1.82) is 0 Å². The minimum Gasteiger partial charge on any atom is -0.459 e. The Bertz CT molecular complexity index is 3500. The molecule has 3 amide bonds. The Morgan fingerprint density at radius 3 is 2.14 bits per heavy atom. The number of methoxy groups -OCH3 is 1. The van der Waals surface area contributed by atoms with Crippen molar-refractivity contribution in [3.8, 4) is 0 Å². The number of ketones is 1. The number of carbonyl (C=O) groups is 6. The molecule has 3 aromatic rings. The number of Topliss-reactive ketones (excluding diaryl/α,β-unsaturated/α-hetero) is 1. The van der Waals surface area contributed by atoms with Gasteiger partial charge in [0.15, 0.2) is 18.7 Å². The Balaban J connectivity index is 0.999. The summed E-state index contributed by atoms with van der Waals surface area (Å²) in [5, 5.41) is 53.1. The van der Waals surface area contributed by atoms with Crippen LogP contribution < -0.4 is 21.0 Å². The molecular formula is C71H104FN7O18S. The molecule has 0 saturated carbocycles. The van der Waals surface area contributed by atoms with Crippen LogP contribution in [-0.2, 0) is 63.7 Å². The summed E-state index contributed by atoms with van der Waals surface area (Å²) in [6.07, 6.45) is -10.1. The molecule has 9 rings (SSSR count). The number of anilines is 1.